The van der Waals surface area contributed by atoms with E-state index in [9.17, 15) is 9.59 Å². The second kappa shape index (κ2) is 7.07. The molecular weight excluding hydrogens is 380 g/mol. The zero-order valence-electron chi connectivity index (χ0n) is 13.9. The molecule has 0 spiro atoms. The van der Waals surface area contributed by atoms with Crippen LogP contribution < -0.4 is 11.1 Å². The van der Waals surface area contributed by atoms with Gasteiger partial charge in [-0.25, -0.2) is 0 Å². The van der Waals surface area contributed by atoms with Gasteiger partial charge >= 0.3 is 0 Å². The number of aromatic amines is 2. The third-order valence-electron chi connectivity index (χ3n) is 3.94. The van der Waals surface area contributed by atoms with Gasteiger partial charge in [-0.15, -0.1) is 0 Å². The SMILES string of the molecule is Cc1ccc2c(Br)c[nH]c(=O)c2c1.Cc1ccc2cc[nH]c(=O)c2c1. The first-order chi connectivity index (χ1) is 12.0. The molecule has 0 saturated carbocycles. The van der Waals surface area contributed by atoms with Gasteiger partial charge in [0.2, 0.25) is 0 Å². The van der Waals surface area contributed by atoms with Gasteiger partial charge in [0.1, 0.15) is 0 Å². The summed E-state index contributed by atoms with van der Waals surface area (Å²) in [6.07, 6.45) is 3.33. The first-order valence-corrected chi connectivity index (χ1v) is 8.60. The number of hydrogen-bond donors (Lipinski definition) is 2. The zero-order chi connectivity index (χ0) is 18.0. The Morgan fingerprint density at radius 3 is 2.16 bits per heavy atom. The molecule has 5 heteroatoms. The molecule has 0 saturated heterocycles. The summed E-state index contributed by atoms with van der Waals surface area (Å²) in [6, 6.07) is 13.6. The molecule has 2 aromatic carbocycles. The Balaban J connectivity index is 0.000000146. The standard InChI is InChI=1S/C10H8BrNO.C10H9NO/c1-6-2-3-7-8(4-6)10(13)12-5-9(7)11;1-7-2-3-8-4-5-11-10(12)9(8)6-7/h2-5H,1H3,(H,12,13);2-6H,1H3,(H,11,12). The van der Waals surface area contributed by atoms with Crippen LogP contribution >= 0.6 is 15.9 Å². The molecule has 2 N–H and O–H groups in total. The van der Waals surface area contributed by atoms with Crippen molar-refractivity contribution < 1.29 is 0 Å². The number of rotatable bonds is 0. The summed E-state index contributed by atoms with van der Waals surface area (Å²) in [7, 11) is 0. The van der Waals surface area contributed by atoms with Gasteiger partial charge in [-0.05, 0) is 53.4 Å². The predicted octanol–water partition coefficient (Wildman–Crippen LogP) is 4.44. The topological polar surface area (TPSA) is 65.7 Å². The van der Waals surface area contributed by atoms with Crippen LogP contribution in [0.15, 0.2) is 68.9 Å². The molecule has 0 unspecified atom stereocenters. The Morgan fingerprint density at radius 1 is 0.760 bits per heavy atom. The molecule has 126 valence electrons. The van der Waals surface area contributed by atoms with E-state index in [0.29, 0.717) is 0 Å². The fourth-order valence-corrected chi connectivity index (χ4v) is 3.10. The second-order valence-electron chi connectivity index (χ2n) is 5.91. The smallest absolute Gasteiger partial charge is 0.255 e. The minimum atomic E-state index is -0.0399. The van der Waals surface area contributed by atoms with Crippen LogP contribution in [0.3, 0.4) is 0 Å². The molecule has 0 amide bonds. The van der Waals surface area contributed by atoms with Crippen LogP contribution in [0.1, 0.15) is 11.1 Å². The van der Waals surface area contributed by atoms with Crippen molar-refractivity contribution in [2.45, 2.75) is 13.8 Å². The largest absolute Gasteiger partial charge is 0.329 e. The van der Waals surface area contributed by atoms with E-state index in [2.05, 4.69) is 25.9 Å². The van der Waals surface area contributed by atoms with E-state index >= 15 is 0 Å². The zero-order valence-corrected chi connectivity index (χ0v) is 15.5. The van der Waals surface area contributed by atoms with Gasteiger partial charge in [-0.1, -0.05) is 35.4 Å². The molecule has 0 aliphatic heterocycles. The molecule has 0 radical (unpaired) electrons. The third kappa shape index (κ3) is 3.72. The highest BCUT2D eigenvalue weighted by Gasteiger charge is 2.01. The van der Waals surface area contributed by atoms with Crippen molar-refractivity contribution in [3.8, 4) is 0 Å². The van der Waals surface area contributed by atoms with Crippen molar-refractivity contribution in [1.29, 1.82) is 0 Å². The summed E-state index contributed by atoms with van der Waals surface area (Å²) in [5.74, 6) is 0. The number of fused-ring (bicyclic) bond motifs is 2. The van der Waals surface area contributed by atoms with Crippen molar-refractivity contribution in [1.82, 2.24) is 9.97 Å². The average molecular weight is 397 g/mol. The van der Waals surface area contributed by atoms with Gasteiger partial charge in [0.25, 0.3) is 11.1 Å². The van der Waals surface area contributed by atoms with E-state index < -0.39 is 0 Å². The fraction of sp³-hybridized carbons (Fsp3) is 0.100. The molecule has 4 rings (SSSR count). The third-order valence-corrected chi connectivity index (χ3v) is 4.59. The van der Waals surface area contributed by atoms with Crippen LogP contribution in [-0.2, 0) is 0 Å². The Morgan fingerprint density at radius 2 is 1.40 bits per heavy atom. The van der Waals surface area contributed by atoms with Crippen molar-refractivity contribution in [2.24, 2.45) is 0 Å². The van der Waals surface area contributed by atoms with Gasteiger partial charge in [0.15, 0.2) is 0 Å². The molecule has 2 aromatic heterocycles. The van der Waals surface area contributed by atoms with Crippen LogP contribution in [0.4, 0.5) is 0 Å². The molecular formula is C20H17BrN2O2. The lowest BCUT2D eigenvalue weighted by molar-refractivity contribution is 1.26. The molecule has 2 heterocycles. The van der Waals surface area contributed by atoms with Gasteiger partial charge in [-0.3, -0.25) is 9.59 Å². The lowest BCUT2D eigenvalue weighted by Crippen LogP contribution is -2.05. The van der Waals surface area contributed by atoms with Crippen LogP contribution in [0.2, 0.25) is 0 Å². The Bertz CT molecular complexity index is 1180. The lowest BCUT2D eigenvalue weighted by Gasteiger charge is -2.00. The number of aromatic nitrogens is 2. The van der Waals surface area contributed by atoms with Gasteiger partial charge in [0.05, 0.1) is 0 Å². The Hall–Kier alpha value is -2.66. The maximum Gasteiger partial charge on any atom is 0.255 e. The molecule has 0 fully saturated rings. The maximum absolute atomic E-state index is 11.4. The van der Waals surface area contributed by atoms with Crippen molar-refractivity contribution in [3.63, 3.8) is 0 Å². The number of benzene rings is 2. The number of nitrogens with one attached hydrogen (secondary N) is 2. The molecule has 0 bridgehead atoms. The van der Waals surface area contributed by atoms with E-state index in [1.165, 1.54) is 0 Å². The minimum absolute atomic E-state index is 0.0174. The molecule has 4 nitrogen and oxygen atoms in total. The first kappa shape index (κ1) is 17.2. The average Bonchev–Trinajstić information content (AvgIpc) is 2.60. The summed E-state index contributed by atoms with van der Waals surface area (Å²) < 4.78 is 0.919. The van der Waals surface area contributed by atoms with E-state index in [-0.39, 0.29) is 11.1 Å². The highest BCUT2D eigenvalue weighted by atomic mass is 79.9. The highest BCUT2D eigenvalue weighted by Crippen LogP contribution is 2.20. The fourth-order valence-electron chi connectivity index (χ4n) is 2.64. The quantitative estimate of drug-likeness (QED) is 0.461. The van der Waals surface area contributed by atoms with Gasteiger partial charge < -0.3 is 9.97 Å². The normalized spacial score (nSPS) is 10.5. The van der Waals surface area contributed by atoms with Crippen LogP contribution in [0.25, 0.3) is 21.5 Å². The molecule has 0 atom stereocenters. The molecule has 0 aliphatic carbocycles. The molecule has 25 heavy (non-hydrogen) atoms. The Kier molecular flexibility index (Phi) is 4.86. The predicted molar refractivity (Wildman–Crippen MR) is 106 cm³/mol. The summed E-state index contributed by atoms with van der Waals surface area (Å²) >= 11 is 3.39. The molecule has 0 aliphatic rings. The van der Waals surface area contributed by atoms with E-state index in [4.69, 9.17) is 0 Å². The van der Waals surface area contributed by atoms with Crippen LogP contribution in [-0.4, -0.2) is 9.97 Å². The van der Waals surface area contributed by atoms with Gasteiger partial charge in [0, 0.05) is 33.0 Å². The summed E-state index contributed by atoms with van der Waals surface area (Å²) in [4.78, 5) is 28.0. The lowest BCUT2D eigenvalue weighted by atomic mass is 10.1. The minimum Gasteiger partial charge on any atom is -0.329 e. The van der Waals surface area contributed by atoms with E-state index in [1.807, 2.05) is 56.3 Å². The molecule has 4 aromatic rings. The Labute approximate surface area is 152 Å². The number of pyridine rings is 2. The number of hydrogen-bond acceptors (Lipinski definition) is 2. The monoisotopic (exact) mass is 396 g/mol. The first-order valence-electron chi connectivity index (χ1n) is 7.81. The summed E-state index contributed by atoms with van der Waals surface area (Å²) in [6.45, 7) is 3.95. The summed E-state index contributed by atoms with van der Waals surface area (Å²) in [5.41, 5.74) is 2.15. The van der Waals surface area contributed by atoms with Crippen molar-refractivity contribution in [2.75, 3.05) is 0 Å². The van der Waals surface area contributed by atoms with Gasteiger partial charge in [-0.2, -0.15) is 0 Å². The number of H-pyrrole nitrogens is 2. The van der Waals surface area contributed by atoms with Crippen LogP contribution in [0.5, 0.6) is 0 Å². The van der Waals surface area contributed by atoms with Crippen molar-refractivity contribution >= 4 is 37.5 Å². The number of aryl methyl sites for hydroxylation is 2. The van der Waals surface area contributed by atoms with E-state index in [0.717, 1.165) is 37.1 Å². The van der Waals surface area contributed by atoms with Crippen molar-refractivity contribution in [3.05, 3.63) is 91.2 Å². The second-order valence-corrected chi connectivity index (χ2v) is 6.77. The van der Waals surface area contributed by atoms with Crippen LogP contribution in [0, 0.1) is 13.8 Å². The highest BCUT2D eigenvalue weighted by molar-refractivity contribution is 9.10. The summed E-state index contributed by atoms with van der Waals surface area (Å²) in [5, 5.41) is 3.44. The van der Waals surface area contributed by atoms with E-state index in [1.54, 1.807) is 12.4 Å². The maximum atomic E-state index is 11.4. The number of halogens is 1.